The van der Waals surface area contributed by atoms with Crippen LogP contribution in [0.2, 0.25) is 0 Å². The first kappa shape index (κ1) is 14.9. The predicted octanol–water partition coefficient (Wildman–Crippen LogP) is 2.27. The van der Waals surface area contributed by atoms with Gasteiger partial charge in [0.25, 0.3) is 0 Å². The van der Waals surface area contributed by atoms with Gasteiger partial charge in [0.2, 0.25) is 0 Å². The first-order valence-corrected chi connectivity index (χ1v) is 7.27. The molecule has 1 unspecified atom stereocenters. The van der Waals surface area contributed by atoms with Gasteiger partial charge in [0, 0.05) is 12.6 Å². The number of nitrogens with zero attached hydrogens (tertiary/aromatic N) is 1. The smallest absolute Gasteiger partial charge is 0.0621 e. The number of ether oxygens (including phenoxy) is 1. The number of nitrogens with one attached hydrogen (secondary N) is 1. The van der Waals surface area contributed by atoms with Crippen LogP contribution in [0.4, 0.5) is 0 Å². The van der Waals surface area contributed by atoms with Crippen LogP contribution in [0.5, 0.6) is 0 Å². The molecule has 0 radical (unpaired) electrons. The molecule has 1 fully saturated rings. The molecule has 0 spiro atoms. The average molecular weight is 242 g/mol. The van der Waals surface area contributed by atoms with Crippen molar-refractivity contribution in [2.24, 2.45) is 0 Å². The van der Waals surface area contributed by atoms with Gasteiger partial charge in [-0.05, 0) is 52.9 Å². The second-order valence-corrected chi connectivity index (χ2v) is 5.22. The summed E-state index contributed by atoms with van der Waals surface area (Å²) in [6, 6.07) is 0.674. The lowest BCUT2D eigenvalue weighted by atomic mass is 10.0. The van der Waals surface area contributed by atoms with Gasteiger partial charge in [0.1, 0.15) is 0 Å². The van der Waals surface area contributed by atoms with Crippen molar-refractivity contribution in [1.29, 1.82) is 0 Å². The van der Waals surface area contributed by atoms with Crippen LogP contribution >= 0.6 is 0 Å². The predicted molar refractivity (Wildman–Crippen MR) is 73.5 cm³/mol. The van der Waals surface area contributed by atoms with Crippen LogP contribution in [0.1, 0.15) is 44.9 Å². The molecule has 1 heterocycles. The second-order valence-electron chi connectivity index (χ2n) is 5.22. The van der Waals surface area contributed by atoms with Gasteiger partial charge in [-0.25, -0.2) is 0 Å². The molecule has 1 aliphatic rings. The number of hydrogen-bond donors (Lipinski definition) is 1. The molecule has 17 heavy (non-hydrogen) atoms. The minimum absolute atomic E-state index is 0.674. The van der Waals surface area contributed by atoms with Crippen LogP contribution < -0.4 is 5.32 Å². The molecule has 0 aliphatic carbocycles. The highest BCUT2D eigenvalue weighted by Gasteiger charge is 2.18. The molecule has 1 rings (SSSR count). The summed E-state index contributed by atoms with van der Waals surface area (Å²) in [4.78, 5) is 2.45. The van der Waals surface area contributed by atoms with E-state index in [9.17, 15) is 0 Å². The van der Waals surface area contributed by atoms with E-state index in [1.54, 1.807) is 0 Å². The molecule has 0 bridgehead atoms. The number of likely N-dealkylation sites (N-methyl/N-ethyl adjacent to an activating group) is 1. The van der Waals surface area contributed by atoms with Crippen molar-refractivity contribution < 1.29 is 4.74 Å². The molecule has 1 atom stereocenters. The molecule has 3 nitrogen and oxygen atoms in total. The average Bonchev–Trinajstić information content (AvgIpc) is 2.35. The van der Waals surface area contributed by atoms with Crippen molar-refractivity contribution in [1.82, 2.24) is 10.2 Å². The van der Waals surface area contributed by atoms with Gasteiger partial charge in [-0.15, -0.1) is 0 Å². The van der Waals surface area contributed by atoms with Crippen LogP contribution in [-0.4, -0.2) is 51.3 Å². The maximum atomic E-state index is 5.79. The van der Waals surface area contributed by atoms with E-state index in [0.717, 1.165) is 19.8 Å². The quantitative estimate of drug-likeness (QED) is 0.628. The molecule has 1 N–H and O–H groups in total. The minimum Gasteiger partial charge on any atom is -0.380 e. The third-order valence-corrected chi connectivity index (χ3v) is 3.70. The summed E-state index contributed by atoms with van der Waals surface area (Å²) >= 11 is 0. The van der Waals surface area contributed by atoms with Crippen LogP contribution in [0.25, 0.3) is 0 Å². The van der Waals surface area contributed by atoms with Crippen LogP contribution in [0, 0.1) is 0 Å². The highest BCUT2D eigenvalue weighted by molar-refractivity contribution is 4.73. The number of likely N-dealkylation sites (tertiary alicyclic amines) is 1. The van der Waals surface area contributed by atoms with Crippen molar-refractivity contribution >= 4 is 0 Å². The summed E-state index contributed by atoms with van der Waals surface area (Å²) in [5.41, 5.74) is 0. The lowest BCUT2D eigenvalue weighted by Crippen LogP contribution is -2.39. The van der Waals surface area contributed by atoms with Gasteiger partial charge in [0.15, 0.2) is 0 Å². The highest BCUT2D eigenvalue weighted by atomic mass is 16.5. The van der Waals surface area contributed by atoms with Crippen molar-refractivity contribution in [3.63, 3.8) is 0 Å². The zero-order valence-electron chi connectivity index (χ0n) is 11.7. The third-order valence-electron chi connectivity index (χ3n) is 3.70. The van der Waals surface area contributed by atoms with E-state index in [1.807, 2.05) is 7.05 Å². The number of rotatable bonds is 9. The normalized spacial score (nSPS) is 21.9. The molecule has 1 saturated heterocycles. The maximum absolute atomic E-state index is 5.79. The van der Waals surface area contributed by atoms with Crippen molar-refractivity contribution in [3.05, 3.63) is 0 Å². The minimum atomic E-state index is 0.674. The number of unbranched alkanes of at least 4 members (excludes halogenated alkanes) is 3. The monoisotopic (exact) mass is 242 g/mol. The van der Waals surface area contributed by atoms with E-state index >= 15 is 0 Å². The Morgan fingerprint density at radius 3 is 2.76 bits per heavy atom. The Labute approximate surface area is 107 Å². The Hall–Kier alpha value is -0.120. The Morgan fingerprint density at radius 2 is 2.00 bits per heavy atom. The maximum Gasteiger partial charge on any atom is 0.0621 e. The van der Waals surface area contributed by atoms with E-state index in [1.165, 1.54) is 51.5 Å². The zero-order chi connectivity index (χ0) is 12.3. The summed E-state index contributed by atoms with van der Waals surface area (Å²) < 4.78 is 5.79. The van der Waals surface area contributed by atoms with E-state index in [0.29, 0.717) is 6.04 Å². The summed E-state index contributed by atoms with van der Waals surface area (Å²) in [6.45, 7) is 4.28. The number of hydrogen-bond acceptors (Lipinski definition) is 3. The fraction of sp³-hybridized carbons (Fsp3) is 1.00. The molecule has 3 heteroatoms. The molecular formula is C14H30N2O. The summed E-state index contributed by atoms with van der Waals surface area (Å²) in [6.07, 6.45) is 9.21. The fourth-order valence-electron chi connectivity index (χ4n) is 2.43. The second kappa shape index (κ2) is 9.86. The highest BCUT2D eigenvalue weighted by Crippen LogP contribution is 2.15. The van der Waals surface area contributed by atoms with Crippen molar-refractivity contribution in [3.8, 4) is 0 Å². The van der Waals surface area contributed by atoms with Gasteiger partial charge >= 0.3 is 0 Å². The standard InChI is InChI=1S/C14H30N2O/c1-15-10-6-3-4-8-12-17-13-14-9-5-7-11-16(14)2/h14-15H,3-13H2,1-2H3. The molecular weight excluding hydrogens is 212 g/mol. The Morgan fingerprint density at radius 1 is 1.18 bits per heavy atom. The van der Waals surface area contributed by atoms with Crippen LogP contribution in [0.15, 0.2) is 0 Å². The van der Waals surface area contributed by atoms with Gasteiger partial charge < -0.3 is 15.0 Å². The van der Waals surface area contributed by atoms with Crippen LogP contribution in [-0.2, 0) is 4.74 Å². The lowest BCUT2D eigenvalue weighted by molar-refractivity contribution is 0.0512. The van der Waals surface area contributed by atoms with E-state index in [-0.39, 0.29) is 0 Å². The fourth-order valence-corrected chi connectivity index (χ4v) is 2.43. The molecule has 0 aromatic carbocycles. The van der Waals surface area contributed by atoms with Gasteiger partial charge in [0.05, 0.1) is 6.61 Å². The van der Waals surface area contributed by atoms with Crippen molar-refractivity contribution in [2.75, 3.05) is 40.4 Å². The number of piperidine rings is 1. The first-order valence-electron chi connectivity index (χ1n) is 7.27. The Bertz CT molecular complexity index is 176. The molecule has 1 aliphatic heterocycles. The molecule has 102 valence electrons. The topological polar surface area (TPSA) is 24.5 Å². The Balaban J connectivity index is 1.86. The van der Waals surface area contributed by atoms with E-state index in [2.05, 4.69) is 17.3 Å². The van der Waals surface area contributed by atoms with Gasteiger partial charge in [-0.2, -0.15) is 0 Å². The summed E-state index contributed by atoms with van der Waals surface area (Å²) in [7, 11) is 4.24. The SMILES string of the molecule is CNCCCCCCOCC1CCCCN1C. The molecule has 0 saturated carbocycles. The summed E-state index contributed by atoms with van der Waals surface area (Å²) in [5.74, 6) is 0. The van der Waals surface area contributed by atoms with Crippen molar-refractivity contribution in [2.45, 2.75) is 51.0 Å². The van der Waals surface area contributed by atoms with E-state index in [4.69, 9.17) is 4.74 Å². The zero-order valence-corrected chi connectivity index (χ0v) is 11.7. The third kappa shape index (κ3) is 7.02. The van der Waals surface area contributed by atoms with Crippen LogP contribution in [0.3, 0.4) is 0 Å². The largest absolute Gasteiger partial charge is 0.380 e. The molecule has 0 aromatic rings. The first-order chi connectivity index (χ1) is 8.34. The van der Waals surface area contributed by atoms with E-state index < -0.39 is 0 Å². The lowest BCUT2D eigenvalue weighted by Gasteiger charge is -2.32. The molecule has 0 amide bonds. The van der Waals surface area contributed by atoms with Gasteiger partial charge in [-0.1, -0.05) is 19.3 Å². The molecule has 0 aromatic heterocycles. The van der Waals surface area contributed by atoms with Gasteiger partial charge in [-0.3, -0.25) is 0 Å². The summed E-state index contributed by atoms with van der Waals surface area (Å²) in [5, 5.41) is 3.18. The Kier molecular flexibility index (Phi) is 8.67.